The second-order valence-corrected chi connectivity index (χ2v) is 10.8. The number of ether oxygens (including phenoxy) is 2. The van der Waals surface area contributed by atoms with Gasteiger partial charge in [-0.05, 0) is 57.6 Å². The van der Waals surface area contributed by atoms with Crippen LogP contribution < -0.4 is 0 Å². The van der Waals surface area contributed by atoms with Gasteiger partial charge in [0.1, 0.15) is 0 Å². The van der Waals surface area contributed by atoms with Crippen LogP contribution >= 0.6 is 31.9 Å². The van der Waals surface area contributed by atoms with Gasteiger partial charge in [0.15, 0.2) is 0 Å². The third-order valence-electron chi connectivity index (χ3n) is 6.67. The van der Waals surface area contributed by atoms with E-state index >= 15 is 0 Å². The van der Waals surface area contributed by atoms with Crippen LogP contribution in [0, 0.1) is 0 Å². The summed E-state index contributed by atoms with van der Waals surface area (Å²) in [5.41, 5.74) is 6.37. The van der Waals surface area contributed by atoms with E-state index in [1.165, 1.54) is 14.2 Å². The zero-order valence-electron chi connectivity index (χ0n) is 21.8. The van der Waals surface area contributed by atoms with E-state index in [1.54, 1.807) is 0 Å². The minimum atomic E-state index is -0.631. The van der Waals surface area contributed by atoms with E-state index < -0.39 is 11.9 Å². The van der Waals surface area contributed by atoms with Crippen molar-refractivity contribution >= 4 is 43.8 Å². The van der Waals surface area contributed by atoms with E-state index in [9.17, 15) is 9.59 Å². The number of benzene rings is 5. The standard InChI is InChI=1S/C34H24Br2O4/c1-39-33(37)31-29(23-13-17-25(35)18-14-23)27(21-9-5-3-6-10-21)28(22-11-7-4-8-12-22)30(32(31)34(38)40-2)24-15-19-26(36)20-16-24/h3-20H,1-2H3. The predicted molar refractivity (Wildman–Crippen MR) is 166 cm³/mol. The zero-order chi connectivity index (χ0) is 28.2. The van der Waals surface area contributed by atoms with Crippen molar-refractivity contribution < 1.29 is 19.1 Å². The van der Waals surface area contributed by atoms with Gasteiger partial charge in [-0.2, -0.15) is 0 Å². The largest absolute Gasteiger partial charge is 0.465 e. The second-order valence-electron chi connectivity index (χ2n) is 8.98. The summed E-state index contributed by atoms with van der Waals surface area (Å²) in [5, 5.41) is 0. The van der Waals surface area contributed by atoms with E-state index in [0.717, 1.165) is 42.3 Å². The molecule has 0 saturated carbocycles. The average Bonchev–Trinajstić information content (AvgIpc) is 3.00. The fraction of sp³-hybridized carbons (Fsp3) is 0.0588. The monoisotopic (exact) mass is 654 g/mol. The van der Waals surface area contributed by atoms with Crippen molar-refractivity contribution in [1.29, 1.82) is 0 Å². The summed E-state index contributed by atoms with van der Waals surface area (Å²) < 4.78 is 12.5. The summed E-state index contributed by atoms with van der Waals surface area (Å²) in [6.45, 7) is 0. The van der Waals surface area contributed by atoms with Crippen molar-refractivity contribution in [2.24, 2.45) is 0 Å². The van der Waals surface area contributed by atoms with E-state index in [4.69, 9.17) is 9.47 Å². The molecule has 0 spiro atoms. The van der Waals surface area contributed by atoms with E-state index in [-0.39, 0.29) is 11.1 Å². The number of hydrogen-bond donors (Lipinski definition) is 0. The lowest BCUT2D eigenvalue weighted by Gasteiger charge is -2.26. The highest BCUT2D eigenvalue weighted by molar-refractivity contribution is 9.10. The topological polar surface area (TPSA) is 52.6 Å². The van der Waals surface area contributed by atoms with Gasteiger partial charge in [0.05, 0.1) is 25.3 Å². The van der Waals surface area contributed by atoms with Crippen LogP contribution in [0.3, 0.4) is 0 Å². The van der Waals surface area contributed by atoms with Crippen LogP contribution in [0.4, 0.5) is 0 Å². The fourth-order valence-electron chi connectivity index (χ4n) is 4.96. The van der Waals surface area contributed by atoms with Crippen molar-refractivity contribution in [2.75, 3.05) is 14.2 Å². The lowest BCUT2D eigenvalue weighted by atomic mass is 9.77. The Balaban J connectivity index is 2.13. The maximum atomic E-state index is 13.7. The van der Waals surface area contributed by atoms with Crippen molar-refractivity contribution in [3.63, 3.8) is 0 Å². The highest BCUT2D eigenvalue weighted by Crippen LogP contribution is 2.50. The minimum Gasteiger partial charge on any atom is -0.465 e. The van der Waals surface area contributed by atoms with Crippen LogP contribution in [-0.4, -0.2) is 26.2 Å². The number of carbonyl (C=O) groups excluding carboxylic acids is 2. The number of carbonyl (C=O) groups is 2. The predicted octanol–water partition coefficient (Wildman–Crippen LogP) is 9.45. The van der Waals surface area contributed by atoms with Gasteiger partial charge in [-0.3, -0.25) is 0 Å². The Morgan fingerprint density at radius 2 is 0.750 bits per heavy atom. The molecule has 0 aliphatic heterocycles. The zero-order valence-corrected chi connectivity index (χ0v) is 25.0. The maximum absolute atomic E-state index is 13.7. The van der Waals surface area contributed by atoms with Crippen molar-refractivity contribution in [3.05, 3.63) is 129 Å². The van der Waals surface area contributed by atoms with Crippen LogP contribution in [0.5, 0.6) is 0 Å². The van der Waals surface area contributed by atoms with E-state index in [1.807, 2.05) is 109 Å². The van der Waals surface area contributed by atoms with Crippen LogP contribution in [0.2, 0.25) is 0 Å². The highest BCUT2D eigenvalue weighted by Gasteiger charge is 2.34. The lowest BCUT2D eigenvalue weighted by molar-refractivity contribution is 0.0556. The van der Waals surface area contributed by atoms with Gasteiger partial charge in [-0.25, -0.2) is 9.59 Å². The van der Waals surface area contributed by atoms with E-state index in [0.29, 0.717) is 11.1 Å². The summed E-state index contributed by atoms with van der Waals surface area (Å²) in [5.74, 6) is -1.26. The highest BCUT2D eigenvalue weighted by atomic mass is 79.9. The average molecular weight is 656 g/mol. The molecule has 0 N–H and O–H groups in total. The molecule has 6 heteroatoms. The smallest absolute Gasteiger partial charge is 0.339 e. The lowest BCUT2D eigenvalue weighted by Crippen LogP contribution is -2.17. The molecule has 0 fully saturated rings. The number of hydrogen-bond acceptors (Lipinski definition) is 4. The van der Waals surface area contributed by atoms with Crippen LogP contribution in [0.25, 0.3) is 44.5 Å². The summed E-state index contributed by atoms with van der Waals surface area (Å²) in [7, 11) is 2.64. The third-order valence-corrected chi connectivity index (χ3v) is 7.73. The summed E-state index contributed by atoms with van der Waals surface area (Å²) in [6, 6.07) is 35.1. The number of rotatable bonds is 6. The Bertz CT molecular complexity index is 1550. The molecule has 0 aliphatic rings. The Morgan fingerprint density at radius 1 is 0.450 bits per heavy atom. The number of esters is 2. The second kappa shape index (κ2) is 12.0. The maximum Gasteiger partial charge on any atom is 0.339 e. The molecule has 198 valence electrons. The molecule has 0 heterocycles. The molecule has 0 aliphatic carbocycles. The molecular formula is C34H24Br2O4. The van der Waals surface area contributed by atoms with Gasteiger partial charge in [-0.15, -0.1) is 0 Å². The first kappa shape index (κ1) is 27.6. The SMILES string of the molecule is COC(=O)c1c(C(=O)OC)c(-c2ccc(Br)cc2)c(-c2ccccc2)c(-c2ccccc2)c1-c1ccc(Br)cc1. The molecule has 5 rings (SSSR count). The van der Waals surface area contributed by atoms with Crippen molar-refractivity contribution in [2.45, 2.75) is 0 Å². The minimum absolute atomic E-state index is 0.146. The molecule has 4 nitrogen and oxygen atoms in total. The molecule has 0 radical (unpaired) electrons. The number of halogens is 2. The normalized spacial score (nSPS) is 10.7. The molecule has 5 aromatic rings. The van der Waals surface area contributed by atoms with Crippen molar-refractivity contribution in [3.8, 4) is 44.5 Å². The first-order valence-corrected chi connectivity index (χ1v) is 14.1. The Kier molecular flexibility index (Phi) is 8.29. The molecule has 0 unspecified atom stereocenters. The first-order valence-electron chi connectivity index (χ1n) is 12.5. The fourth-order valence-corrected chi connectivity index (χ4v) is 5.49. The summed E-state index contributed by atoms with van der Waals surface area (Å²) in [6.07, 6.45) is 0. The molecule has 40 heavy (non-hydrogen) atoms. The van der Waals surface area contributed by atoms with Gasteiger partial charge in [0.2, 0.25) is 0 Å². The molecule has 0 aromatic heterocycles. The van der Waals surface area contributed by atoms with Gasteiger partial charge in [-0.1, -0.05) is 117 Å². The first-order chi connectivity index (χ1) is 19.4. The Morgan fingerprint density at radius 3 is 1.05 bits per heavy atom. The molecule has 0 amide bonds. The van der Waals surface area contributed by atoms with Crippen LogP contribution in [0.15, 0.2) is 118 Å². The van der Waals surface area contributed by atoms with Gasteiger partial charge in [0.25, 0.3) is 0 Å². The summed E-state index contributed by atoms with van der Waals surface area (Å²) in [4.78, 5) is 27.5. The molecule has 0 atom stereocenters. The van der Waals surface area contributed by atoms with E-state index in [2.05, 4.69) is 31.9 Å². The molecule has 5 aromatic carbocycles. The van der Waals surface area contributed by atoms with Gasteiger partial charge in [0, 0.05) is 20.1 Å². The van der Waals surface area contributed by atoms with Crippen molar-refractivity contribution in [1.82, 2.24) is 0 Å². The summed E-state index contributed by atoms with van der Waals surface area (Å²) >= 11 is 7.04. The van der Waals surface area contributed by atoms with Gasteiger partial charge < -0.3 is 9.47 Å². The number of methoxy groups -OCH3 is 2. The third kappa shape index (κ3) is 5.25. The molecule has 0 bridgehead atoms. The van der Waals surface area contributed by atoms with Gasteiger partial charge >= 0.3 is 11.9 Å². The molecule has 0 saturated heterocycles. The van der Waals surface area contributed by atoms with Crippen LogP contribution in [-0.2, 0) is 9.47 Å². The quantitative estimate of drug-likeness (QED) is 0.171. The Hall–Kier alpha value is -4.00. The van der Waals surface area contributed by atoms with Crippen LogP contribution in [0.1, 0.15) is 20.7 Å². The Labute approximate surface area is 249 Å². The molecular weight excluding hydrogens is 632 g/mol.